The van der Waals surface area contributed by atoms with E-state index < -0.39 is 6.23 Å². The van der Waals surface area contributed by atoms with E-state index in [9.17, 15) is 9.59 Å². The standard InChI is InChI=1S/C20H21NO4/c22-12-20-21(18(14-25-20)11-16-7-3-1-4-8-16)19(23)15-24-13-17-9-5-2-6-10-17/h1-10,12,18,20H,11,13-15H2/t18-,20?/m0/s1. The number of nitrogens with zero attached hydrogens (tertiary/aromatic N) is 1. The zero-order valence-corrected chi connectivity index (χ0v) is 13.9. The van der Waals surface area contributed by atoms with E-state index in [1.807, 2.05) is 60.7 Å². The summed E-state index contributed by atoms with van der Waals surface area (Å²) in [5, 5.41) is 0. The lowest BCUT2D eigenvalue weighted by atomic mass is 10.1. The Bertz CT molecular complexity index is 689. The number of benzene rings is 2. The van der Waals surface area contributed by atoms with E-state index in [0.29, 0.717) is 25.9 Å². The summed E-state index contributed by atoms with van der Waals surface area (Å²) in [6.45, 7) is 0.632. The highest BCUT2D eigenvalue weighted by molar-refractivity contribution is 5.81. The van der Waals surface area contributed by atoms with Crippen molar-refractivity contribution in [3.8, 4) is 0 Å². The lowest BCUT2D eigenvalue weighted by molar-refractivity contribution is -0.146. The van der Waals surface area contributed by atoms with Gasteiger partial charge in [-0.3, -0.25) is 9.59 Å². The quantitative estimate of drug-likeness (QED) is 0.726. The maximum Gasteiger partial charge on any atom is 0.251 e. The average molecular weight is 339 g/mol. The molecule has 0 N–H and O–H groups in total. The van der Waals surface area contributed by atoms with E-state index in [-0.39, 0.29) is 18.6 Å². The molecule has 1 unspecified atom stereocenters. The monoisotopic (exact) mass is 339 g/mol. The van der Waals surface area contributed by atoms with Gasteiger partial charge in [0.15, 0.2) is 12.5 Å². The predicted octanol–water partition coefficient (Wildman–Crippen LogP) is 2.20. The molecule has 5 nitrogen and oxygen atoms in total. The Kier molecular flexibility index (Phi) is 5.93. The number of amides is 1. The van der Waals surface area contributed by atoms with Crippen LogP contribution in [0, 0.1) is 0 Å². The normalized spacial score (nSPS) is 19.8. The Morgan fingerprint density at radius 2 is 1.72 bits per heavy atom. The molecule has 2 aromatic rings. The number of hydrogen-bond donors (Lipinski definition) is 0. The van der Waals surface area contributed by atoms with Gasteiger partial charge in [-0.1, -0.05) is 60.7 Å². The predicted molar refractivity (Wildman–Crippen MR) is 92.7 cm³/mol. The highest BCUT2D eigenvalue weighted by Crippen LogP contribution is 2.20. The number of carbonyl (C=O) groups excluding carboxylic acids is 2. The van der Waals surface area contributed by atoms with Gasteiger partial charge < -0.3 is 14.4 Å². The molecule has 1 aliphatic heterocycles. The van der Waals surface area contributed by atoms with Crippen molar-refractivity contribution in [2.75, 3.05) is 13.2 Å². The maximum atomic E-state index is 12.6. The summed E-state index contributed by atoms with van der Waals surface area (Å²) in [7, 11) is 0. The van der Waals surface area contributed by atoms with Crippen LogP contribution in [0.3, 0.4) is 0 Å². The number of hydrogen-bond acceptors (Lipinski definition) is 4. The Labute approximate surface area is 147 Å². The number of ether oxygens (including phenoxy) is 2. The molecule has 1 saturated heterocycles. The van der Waals surface area contributed by atoms with Crippen molar-refractivity contribution in [1.82, 2.24) is 4.90 Å². The fourth-order valence-electron chi connectivity index (χ4n) is 2.98. The van der Waals surface area contributed by atoms with Crippen LogP contribution in [-0.4, -0.2) is 42.6 Å². The molecule has 2 atom stereocenters. The Balaban J connectivity index is 1.59. The molecule has 0 aromatic heterocycles. The van der Waals surface area contributed by atoms with E-state index in [0.717, 1.165) is 11.1 Å². The summed E-state index contributed by atoms with van der Waals surface area (Å²) >= 11 is 0. The molecule has 1 fully saturated rings. The van der Waals surface area contributed by atoms with Crippen molar-refractivity contribution in [1.29, 1.82) is 0 Å². The van der Waals surface area contributed by atoms with Gasteiger partial charge in [0.2, 0.25) is 0 Å². The summed E-state index contributed by atoms with van der Waals surface area (Å²) in [5.41, 5.74) is 2.10. The number of rotatable bonds is 7. The van der Waals surface area contributed by atoms with Gasteiger partial charge in [0.05, 0.1) is 19.3 Å². The highest BCUT2D eigenvalue weighted by Gasteiger charge is 2.37. The third kappa shape index (κ3) is 4.53. The number of aldehydes is 1. The average Bonchev–Trinajstić information content (AvgIpc) is 3.06. The van der Waals surface area contributed by atoms with Gasteiger partial charge in [-0.2, -0.15) is 0 Å². The molecule has 3 rings (SSSR count). The number of carbonyl (C=O) groups is 2. The zero-order valence-electron chi connectivity index (χ0n) is 13.9. The van der Waals surface area contributed by atoms with Crippen molar-refractivity contribution in [2.45, 2.75) is 25.3 Å². The molecule has 0 bridgehead atoms. The minimum atomic E-state index is -0.832. The van der Waals surface area contributed by atoms with Gasteiger partial charge in [0, 0.05) is 0 Å². The van der Waals surface area contributed by atoms with Crippen molar-refractivity contribution in [3.05, 3.63) is 71.8 Å². The first-order valence-electron chi connectivity index (χ1n) is 8.31. The van der Waals surface area contributed by atoms with Crippen LogP contribution in [-0.2, 0) is 32.1 Å². The topological polar surface area (TPSA) is 55.8 Å². The first kappa shape index (κ1) is 17.3. The van der Waals surface area contributed by atoms with Gasteiger partial charge in [0.25, 0.3) is 5.91 Å². The molecule has 0 aliphatic carbocycles. The van der Waals surface area contributed by atoms with E-state index >= 15 is 0 Å². The molecule has 25 heavy (non-hydrogen) atoms. The lowest BCUT2D eigenvalue weighted by Crippen LogP contribution is -2.45. The lowest BCUT2D eigenvalue weighted by Gasteiger charge is -2.25. The second kappa shape index (κ2) is 8.55. The Morgan fingerprint density at radius 3 is 2.36 bits per heavy atom. The van der Waals surface area contributed by atoms with E-state index in [1.165, 1.54) is 4.90 Å². The van der Waals surface area contributed by atoms with Gasteiger partial charge in [-0.15, -0.1) is 0 Å². The molecule has 1 aliphatic rings. The van der Waals surface area contributed by atoms with Gasteiger partial charge in [-0.05, 0) is 17.5 Å². The first-order valence-corrected chi connectivity index (χ1v) is 8.31. The molecule has 1 heterocycles. The van der Waals surface area contributed by atoms with Gasteiger partial charge >= 0.3 is 0 Å². The summed E-state index contributed by atoms with van der Waals surface area (Å²) in [6, 6.07) is 19.4. The van der Waals surface area contributed by atoms with Crippen molar-refractivity contribution < 1.29 is 19.1 Å². The van der Waals surface area contributed by atoms with E-state index in [4.69, 9.17) is 9.47 Å². The van der Waals surface area contributed by atoms with E-state index in [1.54, 1.807) is 0 Å². The van der Waals surface area contributed by atoms with Crippen molar-refractivity contribution >= 4 is 12.2 Å². The fraction of sp³-hybridized carbons (Fsp3) is 0.300. The minimum absolute atomic E-state index is 0.0755. The summed E-state index contributed by atoms with van der Waals surface area (Å²) in [5.74, 6) is -0.230. The summed E-state index contributed by atoms with van der Waals surface area (Å²) in [4.78, 5) is 25.3. The van der Waals surface area contributed by atoms with Gasteiger partial charge in [-0.25, -0.2) is 0 Å². The summed E-state index contributed by atoms with van der Waals surface area (Å²) in [6.07, 6.45) is 0.483. The summed E-state index contributed by atoms with van der Waals surface area (Å²) < 4.78 is 11.0. The van der Waals surface area contributed by atoms with Gasteiger partial charge in [0.1, 0.15) is 6.61 Å². The van der Waals surface area contributed by atoms with Crippen LogP contribution in [0.15, 0.2) is 60.7 Å². The fourth-order valence-corrected chi connectivity index (χ4v) is 2.98. The Morgan fingerprint density at radius 1 is 1.08 bits per heavy atom. The maximum absolute atomic E-state index is 12.6. The van der Waals surface area contributed by atoms with Crippen LogP contribution < -0.4 is 0 Å². The molecular weight excluding hydrogens is 318 g/mol. The molecule has 130 valence electrons. The van der Waals surface area contributed by atoms with Crippen LogP contribution in [0.2, 0.25) is 0 Å². The third-order valence-corrected chi connectivity index (χ3v) is 4.18. The molecule has 0 radical (unpaired) electrons. The third-order valence-electron chi connectivity index (χ3n) is 4.18. The smallest absolute Gasteiger partial charge is 0.251 e. The molecule has 0 saturated carbocycles. The zero-order chi connectivity index (χ0) is 17.5. The van der Waals surface area contributed by atoms with Crippen molar-refractivity contribution in [3.63, 3.8) is 0 Å². The highest BCUT2D eigenvalue weighted by atomic mass is 16.5. The van der Waals surface area contributed by atoms with Crippen LogP contribution in [0.25, 0.3) is 0 Å². The Hall–Kier alpha value is -2.50. The van der Waals surface area contributed by atoms with Crippen molar-refractivity contribution in [2.24, 2.45) is 0 Å². The minimum Gasteiger partial charge on any atom is -0.367 e. The first-order chi connectivity index (χ1) is 12.3. The second-order valence-corrected chi connectivity index (χ2v) is 5.98. The van der Waals surface area contributed by atoms with Crippen LogP contribution in [0.4, 0.5) is 0 Å². The molecule has 0 spiro atoms. The molecule has 2 aromatic carbocycles. The van der Waals surface area contributed by atoms with Crippen LogP contribution in [0.1, 0.15) is 11.1 Å². The SMILES string of the molecule is O=CC1OC[C@H](Cc2ccccc2)N1C(=O)COCc1ccccc1. The van der Waals surface area contributed by atoms with E-state index in [2.05, 4.69) is 0 Å². The molecular formula is C20H21NO4. The second-order valence-electron chi connectivity index (χ2n) is 5.98. The largest absolute Gasteiger partial charge is 0.367 e. The molecule has 1 amide bonds. The van der Waals surface area contributed by atoms with Crippen LogP contribution in [0.5, 0.6) is 0 Å². The van der Waals surface area contributed by atoms with Crippen LogP contribution >= 0.6 is 0 Å². The molecule has 5 heteroatoms.